The van der Waals surface area contributed by atoms with Crippen LogP contribution in [0.2, 0.25) is 0 Å². The summed E-state index contributed by atoms with van der Waals surface area (Å²) in [4.78, 5) is 63.2. The Bertz CT molecular complexity index is 1470. The van der Waals surface area contributed by atoms with E-state index in [1.54, 1.807) is 25.1 Å². The molecule has 2 aromatic rings. The maximum atomic E-state index is 13.2. The zero-order valence-electron chi connectivity index (χ0n) is 21.9. The molecule has 2 unspecified atom stereocenters. The van der Waals surface area contributed by atoms with Crippen molar-refractivity contribution in [3.05, 3.63) is 58.7 Å². The molecule has 2 aromatic carbocycles. The van der Waals surface area contributed by atoms with Gasteiger partial charge in [-0.1, -0.05) is 22.8 Å². The van der Waals surface area contributed by atoms with Crippen molar-refractivity contribution in [2.75, 3.05) is 18.4 Å². The molecule has 2 fully saturated rings. The van der Waals surface area contributed by atoms with Gasteiger partial charge in [0, 0.05) is 43.4 Å². The predicted octanol–water partition coefficient (Wildman–Crippen LogP) is 2.11. The molecule has 40 heavy (non-hydrogen) atoms. The van der Waals surface area contributed by atoms with Crippen molar-refractivity contribution in [2.45, 2.75) is 56.5 Å². The minimum atomic E-state index is -3.68. The molecule has 6 amide bonds. The second kappa shape index (κ2) is 10.9. The van der Waals surface area contributed by atoms with E-state index in [-0.39, 0.29) is 35.4 Å². The highest BCUT2D eigenvalue weighted by molar-refractivity contribution is 7.95. The molecular weight excluding hydrogens is 538 g/mol. The second-order valence-corrected chi connectivity index (χ2v) is 12.0. The van der Waals surface area contributed by atoms with E-state index in [4.69, 9.17) is 0 Å². The normalized spacial score (nSPS) is 21.1. The van der Waals surface area contributed by atoms with Crippen molar-refractivity contribution in [1.82, 2.24) is 19.8 Å². The lowest BCUT2D eigenvalue weighted by molar-refractivity contribution is -0.136. The molecule has 0 saturated carbocycles. The number of carbonyl (C=O) groups is 5. The number of aryl methyl sites for hydroxylation is 1. The molecule has 0 spiro atoms. The number of piperidine rings is 2. The molecule has 0 radical (unpaired) electrons. The van der Waals surface area contributed by atoms with Crippen molar-refractivity contribution >= 4 is 45.7 Å². The van der Waals surface area contributed by atoms with Gasteiger partial charge in [0.1, 0.15) is 6.04 Å². The minimum absolute atomic E-state index is 0.0177. The summed E-state index contributed by atoms with van der Waals surface area (Å²) >= 11 is 0. The van der Waals surface area contributed by atoms with Crippen LogP contribution in [0.1, 0.15) is 63.9 Å². The molecule has 2 saturated heterocycles. The van der Waals surface area contributed by atoms with E-state index in [9.17, 15) is 32.7 Å². The summed E-state index contributed by atoms with van der Waals surface area (Å²) in [5.74, 6) is -2.38. The first kappa shape index (κ1) is 27.6. The number of benzene rings is 2. The van der Waals surface area contributed by atoms with E-state index in [2.05, 4.69) is 16.0 Å². The van der Waals surface area contributed by atoms with Crippen molar-refractivity contribution in [2.24, 2.45) is 0 Å². The highest BCUT2D eigenvalue weighted by atomic mass is 32.3. The predicted molar refractivity (Wildman–Crippen MR) is 143 cm³/mol. The van der Waals surface area contributed by atoms with Gasteiger partial charge >= 0.3 is 6.03 Å². The van der Waals surface area contributed by atoms with Crippen LogP contribution in [0, 0.1) is 6.92 Å². The Kier molecular flexibility index (Phi) is 7.53. The maximum Gasteiger partial charge on any atom is 0.319 e. The summed E-state index contributed by atoms with van der Waals surface area (Å²) in [6.07, 6.45) is 2.72. The SMILES string of the molecule is Cc1ccc(NC(=O)NCc2ccc3c(c2)C(=O)N(C2CCC(=O)NC2=O)C3=O)cc1[S+](=O)([O-])N1CCCCC1. The molecule has 210 valence electrons. The van der Waals surface area contributed by atoms with Crippen LogP contribution in [0.25, 0.3) is 0 Å². The van der Waals surface area contributed by atoms with Crippen molar-refractivity contribution in [3.63, 3.8) is 0 Å². The molecule has 12 nitrogen and oxygen atoms in total. The van der Waals surface area contributed by atoms with E-state index in [1.807, 2.05) is 0 Å². The van der Waals surface area contributed by atoms with E-state index in [1.165, 1.54) is 22.5 Å². The number of urea groups is 1. The quantitative estimate of drug-likeness (QED) is 0.355. The van der Waals surface area contributed by atoms with Gasteiger partial charge in [-0.25, -0.2) is 4.79 Å². The maximum absolute atomic E-state index is 13.2. The van der Waals surface area contributed by atoms with Crippen LogP contribution >= 0.6 is 0 Å². The van der Waals surface area contributed by atoms with Crippen molar-refractivity contribution < 1.29 is 32.7 Å². The van der Waals surface area contributed by atoms with Crippen LogP contribution in [0.4, 0.5) is 10.5 Å². The average molecular weight is 568 g/mol. The Hall–Kier alpha value is -3.94. The van der Waals surface area contributed by atoms with Gasteiger partial charge in [0.15, 0.2) is 15.3 Å². The lowest BCUT2D eigenvalue weighted by Gasteiger charge is -2.30. The topological polar surface area (TPSA) is 168 Å². The van der Waals surface area contributed by atoms with Gasteiger partial charge in [-0.3, -0.25) is 29.4 Å². The molecule has 3 aliphatic heterocycles. The highest BCUT2D eigenvalue weighted by Gasteiger charge is 2.44. The van der Waals surface area contributed by atoms with Gasteiger partial charge < -0.3 is 15.2 Å². The van der Waals surface area contributed by atoms with E-state index < -0.39 is 46.1 Å². The molecule has 2 atom stereocenters. The number of amides is 6. The second-order valence-electron chi connectivity index (χ2n) is 10.1. The lowest BCUT2D eigenvalue weighted by atomic mass is 10.0. The van der Waals surface area contributed by atoms with E-state index in [0.29, 0.717) is 29.9 Å². The first-order valence-electron chi connectivity index (χ1n) is 13.1. The fourth-order valence-corrected chi connectivity index (χ4v) is 6.95. The van der Waals surface area contributed by atoms with Gasteiger partial charge in [0.2, 0.25) is 11.8 Å². The highest BCUT2D eigenvalue weighted by Crippen LogP contribution is 2.30. The number of carbonyl (C=O) groups excluding carboxylic acids is 5. The molecule has 0 bridgehead atoms. The summed E-state index contributed by atoms with van der Waals surface area (Å²) in [6.45, 7) is 2.67. The number of hydrogen-bond donors (Lipinski definition) is 3. The number of hydrogen-bond acceptors (Lipinski definition) is 7. The molecule has 3 N–H and O–H groups in total. The first-order valence-corrected chi connectivity index (χ1v) is 14.5. The van der Waals surface area contributed by atoms with E-state index >= 15 is 0 Å². The number of imide groups is 2. The lowest BCUT2D eigenvalue weighted by Crippen LogP contribution is -2.54. The summed E-state index contributed by atoms with van der Waals surface area (Å²) < 4.78 is 27.8. The molecule has 13 heteroatoms. The average Bonchev–Trinajstić information content (AvgIpc) is 3.18. The summed E-state index contributed by atoms with van der Waals surface area (Å²) in [5.41, 5.74) is 1.69. The first-order chi connectivity index (χ1) is 19.1. The van der Waals surface area contributed by atoms with E-state index in [0.717, 1.165) is 24.2 Å². The molecule has 5 rings (SSSR count). The van der Waals surface area contributed by atoms with Crippen LogP contribution in [-0.4, -0.2) is 62.5 Å². The molecule has 0 aromatic heterocycles. The van der Waals surface area contributed by atoms with Crippen LogP contribution < -0.4 is 16.0 Å². The fourth-order valence-electron chi connectivity index (χ4n) is 5.19. The van der Waals surface area contributed by atoms with Gasteiger partial charge in [0.25, 0.3) is 11.8 Å². The fraction of sp³-hybridized carbons (Fsp3) is 0.370. The number of anilines is 1. The summed E-state index contributed by atoms with van der Waals surface area (Å²) in [5, 5.41) is 7.47. The van der Waals surface area contributed by atoms with Crippen LogP contribution in [0.15, 0.2) is 41.3 Å². The Balaban J connectivity index is 1.24. The van der Waals surface area contributed by atoms with Gasteiger partial charge in [0.05, 0.1) is 11.1 Å². The largest absolute Gasteiger partial charge is 0.593 e. The zero-order chi connectivity index (χ0) is 28.6. The monoisotopic (exact) mass is 567 g/mol. The third-order valence-corrected chi connectivity index (χ3v) is 9.38. The Morgan fingerprint density at radius 1 is 1.02 bits per heavy atom. The molecule has 3 heterocycles. The Labute approximate surface area is 231 Å². The summed E-state index contributed by atoms with van der Waals surface area (Å²) in [6, 6.07) is 7.60. The Morgan fingerprint density at radius 3 is 2.48 bits per heavy atom. The molecule has 3 aliphatic rings. The number of fused-ring (bicyclic) bond motifs is 1. The van der Waals surface area contributed by atoms with Crippen LogP contribution in [0.3, 0.4) is 0 Å². The van der Waals surface area contributed by atoms with Crippen LogP contribution in [0.5, 0.6) is 0 Å². The van der Waals surface area contributed by atoms with Crippen molar-refractivity contribution in [3.8, 4) is 0 Å². The standard InChI is InChI=1S/C27H29N5O7S/c1-16-5-7-18(14-22(16)40(38,39)31-11-3-2-4-12-31)29-27(37)28-15-17-6-8-19-20(13-17)26(36)32(25(19)35)21-9-10-23(33)30-24(21)34/h5-8,13-14,21H,2-4,9-12,15H2,1H3,(H3-,28,29,30,33,34,37,38,39). The zero-order valence-corrected chi connectivity index (χ0v) is 22.7. The number of rotatable bonds is 6. The van der Waals surface area contributed by atoms with Gasteiger partial charge in [-0.2, -0.15) is 0 Å². The summed E-state index contributed by atoms with van der Waals surface area (Å²) in [7, 11) is -3.68. The third-order valence-electron chi connectivity index (χ3n) is 7.34. The molecule has 0 aliphatic carbocycles. The van der Waals surface area contributed by atoms with Crippen molar-refractivity contribution in [1.29, 1.82) is 0 Å². The number of sulfonamides is 1. The third kappa shape index (κ3) is 5.27. The minimum Gasteiger partial charge on any atom is -0.593 e. The number of nitrogens with one attached hydrogen (secondary N) is 3. The smallest absolute Gasteiger partial charge is 0.319 e. The van der Waals surface area contributed by atoms with Gasteiger partial charge in [-0.05, 0) is 49.9 Å². The number of nitrogens with zero attached hydrogens (tertiary/aromatic N) is 2. The molecular formula is C27H29N5O7S. The Morgan fingerprint density at radius 2 is 1.75 bits per heavy atom. The van der Waals surface area contributed by atoms with Crippen LogP contribution in [-0.2, 0) is 30.7 Å². The van der Waals surface area contributed by atoms with Gasteiger partial charge in [-0.15, -0.1) is 4.31 Å².